The second-order valence-electron chi connectivity index (χ2n) is 13.7. The molecule has 38 heavy (non-hydrogen) atoms. The Balaban J connectivity index is 1.16. The normalized spacial score (nSPS) is 54.5. The molecule has 5 fully saturated rings. The Hall–Kier alpha value is -1.03. The van der Waals surface area contributed by atoms with Gasteiger partial charge in [0, 0.05) is 18.6 Å². The molecule has 0 spiro atoms. The molecule has 3 N–H and O–H groups in total. The summed E-state index contributed by atoms with van der Waals surface area (Å²) in [6, 6.07) is 0. The van der Waals surface area contributed by atoms with Crippen molar-refractivity contribution in [3.05, 3.63) is 11.6 Å². The Bertz CT molecular complexity index is 968. The Morgan fingerprint density at radius 1 is 1.00 bits per heavy atom. The minimum Gasteiger partial charge on any atom is -0.458 e. The highest BCUT2D eigenvalue weighted by Crippen LogP contribution is 2.70. The Morgan fingerprint density at radius 3 is 2.50 bits per heavy atom. The van der Waals surface area contributed by atoms with E-state index in [9.17, 15) is 20.1 Å². The lowest BCUT2D eigenvalue weighted by molar-refractivity contribution is -0.313. The van der Waals surface area contributed by atoms with Crippen LogP contribution in [-0.2, 0) is 23.7 Å². The van der Waals surface area contributed by atoms with Crippen LogP contribution in [0.2, 0.25) is 0 Å². The Kier molecular flexibility index (Phi) is 6.80. The maximum atomic E-state index is 12.4. The number of rotatable bonds is 4. The first-order valence-corrected chi connectivity index (χ1v) is 14.8. The molecule has 0 aromatic rings. The molecule has 1 saturated heterocycles. The average molecular weight is 535 g/mol. The van der Waals surface area contributed by atoms with E-state index in [1.165, 1.54) is 7.11 Å². The van der Waals surface area contributed by atoms with Crippen molar-refractivity contribution in [3.63, 3.8) is 0 Å². The van der Waals surface area contributed by atoms with Gasteiger partial charge in [0.1, 0.15) is 24.9 Å². The molecule has 0 bridgehead atoms. The van der Waals surface area contributed by atoms with Gasteiger partial charge in [0.05, 0.1) is 17.8 Å². The first-order valence-electron chi connectivity index (χ1n) is 14.8. The molecule has 0 amide bonds. The highest BCUT2D eigenvalue weighted by molar-refractivity contribution is 5.85. The first kappa shape index (κ1) is 27.2. The predicted octanol–water partition coefficient (Wildman–Crippen LogP) is 3.11. The van der Waals surface area contributed by atoms with Crippen LogP contribution < -0.4 is 0 Å². The average Bonchev–Trinajstić information content (AvgIpc) is 3.43. The molecule has 0 radical (unpaired) electrons. The van der Waals surface area contributed by atoms with Gasteiger partial charge >= 0.3 is 5.97 Å². The summed E-state index contributed by atoms with van der Waals surface area (Å²) in [5.74, 6) is 1.22. The van der Waals surface area contributed by atoms with E-state index < -0.39 is 36.3 Å². The van der Waals surface area contributed by atoms with E-state index in [1.54, 1.807) is 13.0 Å². The third kappa shape index (κ3) is 3.88. The molecule has 8 nitrogen and oxygen atoms in total. The molecule has 0 aromatic heterocycles. The largest absolute Gasteiger partial charge is 0.458 e. The standard InChI is InChI=1S/C30H46O8/c1-16-24(32)26(35-4)25(33)27(37-16)38-19-7-10-28(2)18(14-19)5-6-22-21(28)8-11-29(3)20(9-12-30(22,29)34)17-13-23(31)36-15-17/h13,16,18-22,24-27,32-34H,5-12,14-15H2,1-4H3/t16-,18+,19-,20-,21-,22+,24-,25-,26+,27+,28-,29+,30-/m0/s1. The van der Waals surface area contributed by atoms with Crippen LogP contribution in [0.4, 0.5) is 0 Å². The molecule has 4 aliphatic carbocycles. The summed E-state index contributed by atoms with van der Waals surface area (Å²) in [7, 11) is 1.49. The fourth-order valence-corrected chi connectivity index (χ4v) is 10.1. The minimum atomic E-state index is -1.04. The van der Waals surface area contributed by atoms with Gasteiger partial charge in [-0.15, -0.1) is 0 Å². The number of aliphatic hydroxyl groups excluding tert-OH is 2. The summed E-state index contributed by atoms with van der Waals surface area (Å²) in [6.07, 6.45) is 6.45. The van der Waals surface area contributed by atoms with Crippen LogP contribution in [0, 0.1) is 34.5 Å². The number of ether oxygens (including phenoxy) is 4. The van der Waals surface area contributed by atoms with E-state index in [4.69, 9.17) is 18.9 Å². The van der Waals surface area contributed by atoms with Crippen LogP contribution in [0.25, 0.3) is 0 Å². The Labute approximate surface area is 226 Å². The summed E-state index contributed by atoms with van der Waals surface area (Å²) in [4.78, 5) is 11.8. The second kappa shape index (κ2) is 9.52. The first-order chi connectivity index (χ1) is 18.0. The van der Waals surface area contributed by atoms with Crippen molar-refractivity contribution in [2.75, 3.05) is 13.7 Å². The zero-order valence-corrected chi connectivity index (χ0v) is 23.3. The smallest absolute Gasteiger partial charge is 0.331 e. The van der Waals surface area contributed by atoms with Crippen molar-refractivity contribution in [1.82, 2.24) is 0 Å². The number of cyclic esters (lactones) is 1. The molecule has 6 rings (SSSR count). The lowest BCUT2D eigenvalue weighted by atomic mass is 9.43. The minimum absolute atomic E-state index is 0.0103. The number of aliphatic hydroxyl groups is 3. The quantitative estimate of drug-likeness (QED) is 0.372. The SMILES string of the molecule is CO[C@H]1[C@H](O)[C@@H](O[C@H]2CC[C@@]3(C)[C@H](CC[C@@H]4[C@@H]3CC[C@]3(C)[C@H](C5=CC(=O)OC5)CC[C@]43O)C2)O[C@@H](C)[C@@H]1O. The number of fused-ring (bicyclic) bond motifs is 5. The second-order valence-corrected chi connectivity index (χ2v) is 13.7. The predicted molar refractivity (Wildman–Crippen MR) is 138 cm³/mol. The zero-order valence-electron chi connectivity index (χ0n) is 23.3. The number of hydrogen-bond acceptors (Lipinski definition) is 8. The molecule has 8 heteroatoms. The van der Waals surface area contributed by atoms with Crippen LogP contribution in [0.15, 0.2) is 11.6 Å². The van der Waals surface area contributed by atoms with Crippen molar-refractivity contribution >= 4 is 5.97 Å². The van der Waals surface area contributed by atoms with E-state index in [2.05, 4.69) is 13.8 Å². The summed E-state index contributed by atoms with van der Waals surface area (Å²) < 4.78 is 22.8. The molecule has 2 aliphatic heterocycles. The maximum absolute atomic E-state index is 12.4. The van der Waals surface area contributed by atoms with Crippen molar-refractivity contribution < 1.29 is 39.1 Å². The maximum Gasteiger partial charge on any atom is 0.331 e. The van der Waals surface area contributed by atoms with Gasteiger partial charge in [0.25, 0.3) is 0 Å². The summed E-state index contributed by atoms with van der Waals surface area (Å²) >= 11 is 0. The molecular weight excluding hydrogens is 488 g/mol. The van der Waals surface area contributed by atoms with E-state index in [0.29, 0.717) is 18.4 Å². The van der Waals surface area contributed by atoms with E-state index in [-0.39, 0.29) is 34.7 Å². The molecule has 0 unspecified atom stereocenters. The highest BCUT2D eigenvalue weighted by atomic mass is 16.7. The van der Waals surface area contributed by atoms with Crippen molar-refractivity contribution in [2.45, 2.75) is 121 Å². The van der Waals surface area contributed by atoms with Crippen LogP contribution >= 0.6 is 0 Å². The Morgan fingerprint density at radius 2 is 1.79 bits per heavy atom. The van der Waals surface area contributed by atoms with Crippen molar-refractivity contribution in [1.29, 1.82) is 0 Å². The molecule has 214 valence electrons. The molecule has 4 saturated carbocycles. The summed E-state index contributed by atoms with van der Waals surface area (Å²) in [6.45, 7) is 6.87. The third-order valence-electron chi connectivity index (χ3n) is 12.3. The van der Waals surface area contributed by atoms with Gasteiger partial charge in [-0.2, -0.15) is 0 Å². The van der Waals surface area contributed by atoms with Crippen LogP contribution in [0.5, 0.6) is 0 Å². The number of methoxy groups -OCH3 is 1. The number of esters is 1. The van der Waals surface area contributed by atoms with Gasteiger partial charge in [0.15, 0.2) is 6.29 Å². The molecular formula is C30H46O8. The van der Waals surface area contributed by atoms with Gasteiger partial charge in [-0.25, -0.2) is 4.79 Å². The third-order valence-corrected chi connectivity index (χ3v) is 12.3. The number of carbonyl (C=O) groups excluding carboxylic acids is 1. The van der Waals surface area contributed by atoms with Gasteiger partial charge in [-0.3, -0.25) is 0 Å². The highest BCUT2D eigenvalue weighted by Gasteiger charge is 2.67. The van der Waals surface area contributed by atoms with Crippen molar-refractivity contribution in [2.24, 2.45) is 34.5 Å². The lowest BCUT2D eigenvalue weighted by Crippen LogP contribution is -2.62. The van der Waals surface area contributed by atoms with Crippen LogP contribution in [0.1, 0.15) is 78.6 Å². The van der Waals surface area contributed by atoms with E-state index >= 15 is 0 Å². The topological polar surface area (TPSA) is 115 Å². The molecule has 6 aliphatic rings. The van der Waals surface area contributed by atoms with Gasteiger partial charge in [-0.05, 0) is 99.4 Å². The molecule has 2 heterocycles. The number of carbonyl (C=O) groups is 1. The monoisotopic (exact) mass is 534 g/mol. The summed E-state index contributed by atoms with van der Waals surface area (Å²) in [5.41, 5.74) is 0.300. The number of hydrogen-bond donors (Lipinski definition) is 3. The van der Waals surface area contributed by atoms with Gasteiger partial charge in [0.2, 0.25) is 0 Å². The van der Waals surface area contributed by atoms with Gasteiger partial charge in [-0.1, -0.05) is 13.8 Å². The molecule has 0 aromatic carbocycles. The summed E-state index contributed by atoms with van der Waals surface area (Å²) in [5, 5.41) is 33.5. The van der Waals surface area contributed by atoms with E-state index in [0.717, 1.165) is 63.4 Å². The van der Waals surface area contributed by atoms with Gasteiger partial charge < -0.3 is 34.3 Å². The van der Waals surface area contributed by atoms with Crippen LogP contribution in [0.3, 0.4) is 0 Å². The van der Waals surface area contributed by atoms with E-state index in [1.807, 2.05) is 0 Å². The fourth-order valence-electron chi connectivity index (χ4n) is 10.1. The van der Waals surface area contributed by atoms with Crippen LogP contribution in [-0.4, -0.2) is 77.4 Å². The zero-order chi connectivity index (χ0) is 27.0. The lowest BCUT2D eigenvalue weighted by Gasteiger charge is -2.64. The van der Waals surface area contributed by atoms with Crippen molar-refractivity contribution in [3.8, 4) is 0 Å². The molecule has 13 atom stereocenters. The fraction of sp³-hybridized carbons (Fsp3) is 0.900.